The highest BCUT2D eigenvalue weighted by Gasteiger charge is 2.23. The van der Waals surface area contributed by atoms with Crippen molar-refractivity contribution >= 4 is 6.29 Å². The number of carbonyl (C=O) groups is 1. The molecule has 6 heteroatoms. The number of carbonyl (C=O) groups excluding carboxylic acids is 1. The zero-order valence-corrected chi connectivity index (χ0v) is 12.4. The molecule has 0 radical (unpaired) electrons. The number of para-hydroxylation sites is 1. The standard InChI is InChI=1S/C15H19N3O3/c1-4-20-15(21-5-2)14-13(10-19)18(17-16-14)12-9-7-6-8-11(12)3/h6-10,15H,4-5H2,1-3H3. The van der Waals surface area contributed by atoms with Crippen molar-refractivity contribution in [1.29, 1.82) is 0 Å². The minimum atomic E-state index is -0.682. The number of hydrogen-bond acceptors (Lipinski definition) is 5. The van der Waals surface area contributed by atoms with Gasteiger partial charge in [-0.1, -0.05) is 23.4 Å². The number of hydrogen-bond donors (Lipinski definition) is 0. The minimum Gasteiger partial charge on any atom is -0.347 e. The largest absolute Gasteiger partial charge is 0.347 e. The molecule has 0 unspecified atom stereocenters. The molecule has 0 saturated heterocycles. The summed E-state index contributed by atoms with van der Waals surface area (Å²) in [5, 5.41) is 8.15. The Balaban J connectivity index is 2.47. The Morgan fingerprint density at radius 3 is 2.48 bits per heavy atom. The van der Waals surface area contributed by atoms with Crippen molar-refractivity contribution in [2.75, 3.05) is 13.2 Å². The van der Waals surface area contributed by atoms with Gasteiger partial charge in [0.2, 0.25) is 6.29 Å². The molecular weight excluding hydrogens is 270 g/mol. The van der Waals surface area contributed by atoms with Crippen LogP contribution in [0.2, 0.25) is 0 Å². The molecular formula is C15H19N3O3. The second kappa shape index (κ2) is 7.10. The first-order valence-corrected chi connectivity index (χ1v) is 6.92. The lowest BCUT2D eigenvalue weighted by molar-refractivity contribution is -0.142. The Labute approximate surface area is 123 Å². The predicted molar refractivity (Wildman–Crippen MR) is 77.5 cm³/mol. The molecule has 2 rings (SSSR count). The normalized spacial score (nSPS) is 11.0. The first kappa shape index (κ1) is 15.3. The quantitative estimate of drug-likeness (QED) is 0.578. The van der Waals surface area contributed by atoms with Gasteiger partial charge in [0, 0.05) is 13.2 Å². The minimum absolute atomic E-state index is 0.344. The predicted octanol–water partition coefficient (Wildman–Crippen LogP) is 2.46. The molecule has 1 heterocycles. The number of aldehydes is 1. The van der Waals surface area contributed by atoms with E-state index in [9.17, 15) is 4.79 Å². The van der Waals surface area contributed by atoms with Gasteiger partial charge in [0.25, 0.3) is 0 Å². The van der Waals surface area contributed by atoms with Gasteiger partial charge in [-0.25, -0.2) is 4.68 Å². The highest BCUT2D eigenvalue weighted by Crippen LogP contribution is 2.22. The van der Waals surface area contributed by atoms with E-state index in [1.807, 2.05) is 45.0 Å². The molecule has 112 valence electrons. The van der Waals surface area contributed by atoms with Crippen LogP contribution in [0, 0.1) is 6.92 Å². The number of nitrogens with zero attached hydrogens (tertiary/aromatic N) is 3. The lowest BCUT2D eigenvalue weighted by Gasteiger charge is -2.15. The molecule has 0 aliphatic carbocycles. The van der Waals surface area contributed by atoms with Crippen LogP contribution in [0.4, 0.5) is 0 Å². The van der Waals surface area contributed by atoms with E-state index in [0.717, 1.165) is 17.5 Å². The van der Waals surface area contributed by atoms with Gasteiger partial charge in [-0.3, -0.25) is 4.79 Å². The maximum atomic E-state index is 11.5. The number of ether oxygens (including phenoxy) is 2. The van der Waals surface area contributed by atoms with Crippen LogP contribution in [0.1, 0.15) is 41.9 Å². The maximum absolute atomic E-state index is 11.5. The summed E-state index contributed by atoms with van der Waals surface area (Å²) in [7, 11) is 0. The molecule has 0 fully saturated rings. The molecule has 21 heavy (non-hydrogen) atoms. The Hall–Kier alpha value is -2.05. The number of aromatic nitrogens is 3. The fourth-order valence-electron chi connectivity index (χ4n) is 2.07. The number of benzene rings is 1. The van der Waals surface area contributed by atoms with Gasteiger partial charge in [0.05, 0.1) is 5.69 Å². The van der Waals surface area contributed by atoms with E-state index < -0.39 is 6.29 Å². The van der Waals surface area contributed by atoms with Crippen molar-refractivity contribution in [1.82, 2.24) is 15.0 Å². The van der Waals surface area contributed by atoms with Gasteiger partial charge in [-0.05, 0) is 32.4 Å². The summed E-state index contributed by atoms with van der Waals surface area (Å²) in [5.74, 6) is 0. The molecule has 0 spiro atoms. The summed E-state index contributed by atoms with van der Waals surface area (Å²) in [6.07, 6.45) is 0.0465. The zero-order chi connectivity index (χ0) is 15.2. The SMILES string of the molecule is CCOC(OCC)c1nnn(-c2ccccc2C)c1C=O. The molecule has 0 atom stereocenters. The van der Waals surface area contributed by atoms with E-state index in [2.05, 4.69) is 10.3 Å². The van der Waals surface area contributed by atoms with E-state index in [0.29, 0.717) is 24.6 Å². The lowest BCUT2D eigenvalue weighted by atomic mass is 10.2. The molecule has 0 aliphatic rings. The highest BCUT2D eigenvalue weighted by molar-refractivity contribution is 5.75. The summed E-state index contributed by atoms with van der Waals surface area (Å²) >= 11 is 0. The van der Waals surface area contributed by atoms with Crippen LogP contribution in [0.15, 0.2) is 24.3 Å². The van der Waals surface area contributed by atoms with Crippen LogP contribution >= 0.6 is 0 Å². The van der Waals surface area contributed by atoms with E-state index in [-0.39, 0.29) is 0 Å². The molecule has 2 aromatic rings. The lowest BCUT2D eigenvalue weighted by Crippen LogP contribution is -2.12. The van der Waals surface area contributed by atoms with Gasteiger partial charge < -0.3 is 9.47 Å². The van der Waals surface area contributed by atoms with Crippen LogP contribution in [0.25, 0.3) is 5.69 Å². The average Bonchev–Trinajstić information content (AvgIpc) is 2.91. The Morgan fingerprint density at radius 1 is 1.24 bits per heavy atom. The van der Waals surface area contributed by atoms with Crippen molar-refractivity contribution in [2.24, 2.45) is 0 Å². The molecule has 0 saturated carbocycles. The van der Waals surface area contributed by atoms with E-state index >= 15 is 0 Å². The molecule has 0 N–H and O–H groups in total. The van der Waals surface area contributed by atoms with E-state index in [1.54, 1.807) is 0 Å². The van der Waals surface area contributed by atoms with Crippen LogP contribution in [0.5, 0.6) is 0 Å². The molecule has 0 amide bonds. The molecule has 1 aromatic carbocycles. The smallest absolute Gasteiger partial charge is 0.205 e. The van der Waals surface area contributed by atoms with Crippen LogP contribution in [0.3, 0.4) is 0 Å². The molecule has 0 aliphatic heterocycles. The van der Waals surface area contributed by atoms with Crippen molar-refractivity contribution < 1.29 is 14.3 Å². The Morgan fingerprint density at radius 2 is 1.90 bits per heavy atom. The van der Waals surface area contributed by atoms with E-state index in [1.165, 1.54) is 4.68 Å². The van der Waals surface area contributed by atoms with Crippen LogP contribution in [-0.4, -0.2) is 34.5 Å². The second-order valence-corrected chi connectivity index (χ2v) is 4.42. The third-order valence-corrected chi connectivity index (χ3v) is 3.05. The molecule has 6 nitrogen and oxygen atoms in total. The second-order valence-electron chi connectivity index (χ2n) is 4.42. The third-order valence-electron chi connectivity index (χ3n) is 3.05. The summed E-state index contributed by atoms with van der Waals surface area (Å²) in [6, 6.07) is 7.66. The summed E-state index contributed by atoms with van der Waals surface area (Å²) in [5.41, 5.74) is 2.56. The average molecular weight is 289 g/mol. The van der Waals surface area contributed by atoms with Gasteiger partial charge >= 0.3 is 0 Å². The van der Waals surface area contributed by atoms with Crippen LogP contribution < -0.4 is 0 Å². The van der Waals surface area contributed by atoms with Crippen molar-refractivity contribution in [2.45, 2.75) is 27.1 Å². The van der Waals surface area contributed by atoms with Gasteiger partial charge in [-0.15, -0.1) is 5.10 Å². The van der Waals surface area contributed by atoms with Gasteiger partial charge in [-0.2, -0.15) is 0 Å². The van der Waals surface area contributed by atoms with Crippen molar-refractivity contribution in [3.8, 4) is 5.69 Å². The van der Waals surface area contributed by atoms with Crippen LogP contribution in [-0.2, 0) is 9.47 Å². The summed E-state index contributed by atoms with van der Waals surface area (Å²) in [4.78, 5) is 11.5. The first-order chi connectivity index (χ1) is 10.2. The zero-order valence-electron chi connectivity index (χ0n) is 12.4. The van der Waals surface area contributed by atoms with Crippen molar-refractivity contribution in [3.63, 3.8) is 0 Å². The Kier molecular flexibility index (Phi) is 5.19. The maximum Gasteiger partial charge on any atom is 0.205 e. The van der Waals surface area contributed by atoms with Gasteiger partial charge in [0.1, 0.15) is 11.4 Å². The monoisotopic (exact) mass is 289 g/mol. The fourth-order valence-corrected chi connectivity index (χ4v) is 2.07. The molecule has 0 bridgehead atoms. The highest BCUT2D eigenvalue weighted by atomic mass is 16.7. The summed E-state index contributed by atoms with van der Waals surface area (Å²) < 4.78 is 12.5. The third kappa shape index (κ3) is 3.17. The van der Waals surface area contributed by atoms with Crippen molar-refractivity contribution in [3.05, 3.63) is 41.2 Å². The number of rotatable bonds is 7. The Bertz CT molecular complexity index is 604. The number of aryl methyl sites for hydroxylation is 1. The van der Waals surface area contributed by atoms with E-state index in [4.69, 9.17) is 9.47 Å². The topological polar surface area (TPSA) is 66.2 Å². The first-order valence-electron chi connectivity index (χ1n) is 6.92. The van der Waals surface area contributed by atoms with Gasteiger partial charge in [0.15, 0.2) is 6.29 Å². The fraction of sp³-hybridized carbons (Fsp3) is 0.400. The summed E-state index contributed by atoms with van der Waals surface area (Å²) in [6.45, 7) is 6.59. The molecule has 1 aromatic heterocycles.